The van der Waals surface area contributed by atoms with Crippen LogP contribution in [0.1, 0.15) is 26.3 Å². The SMILES string of the molecule is CC(C)(C)OC(=O)/C=C/c1cnc2c(ccn2S(=O)(=O)c2ccc(Cl)cc2)c1. The normalized spacial score (nSPS) is 12.6. The van der Waals surface area contributed by atoms with Crippen LogP contribution in [0.4, 0.5) is 0 Å². The third-order valence-corrected chi connectivity index (χ3v) is 5.64. The summed E-state index contributed by atoms with van der Waals surface area (Å²) in [6.07, 6.45) is 5.83. The average molecular weight is 419 g/mol. The second-order valence-corrected chi connectivity index (χ2v) is 9.37. The Hall–Kier alpha value is -2.64. The van der Waals surface area contributed by atoms with E-state index in [2.05, 4.69) is 4.98 Å². The molecule has 3 aromatic rings. The molecule has 0 saturated carbocycles. The molecule has 2 heterocycles. The number of fused-ring (bicyclic) bond motifs is 1. The van der Waals surface area contributed by atoms with Crippen molar-refractivity contribution >= 4 is 44.7 Å². The summed E-state index contributed by atoms with van der Waals surface area (Å²) in [6, 6.07) is 9.33. The van der Waals surface area contributed by atoms with Crippen molar-refractivity contribution in [3.63, 3.8) is 0 Å². The minimum atomic E-state index is -3.79. The Kier molecular flexibility index (Phi) is 5.32. The summed E-state index contributed by atoms with van der Waals surface area (Å²) < 4.78 is 32.0. The molecule has 0 radical (unpaired) electrons. The quantitative estimate of drug-likeness (QED) is 0.466. The first-order valence-electron chi connectivity index (χ1n) is 8.46. The van der Waals surface area contributed by atoms with Crippen LogP contribution in [0.25, 0.3) is 17.1 Å². The van der Waals surface area contributed by atoms with E-state index in [1.54, 1.807) is 39.0 Å². The molecule has 1 aromatic carbocycles. The first-order chi connectivity index (χ1) is 13.1. The Morgan fingerprint density at radius 1 is 1.18 bits per heavy atom. The number of ether oxygens (including phenoxy) is 1. The van der Waals surface area contributed by atoms with E-state index in [0.29, 0.717) is 21.6 Å². The standard InChI is InChI=1S/C20H19ClN2O4S/c1-20(2,3)27-18(24)9-4-14-12-15-10-11-23(19(15)22-13-14)28(25,26)17-7-5-16(21)6-8-17/h4-13H,1-3H3/b9-4+. The first-order valence-corrected chi connectivity index (χ1v) is 10.3. The van der Waals surface area contributed by atoms with Crippen LogP contribution in [0.2, 0.25) is 5.02 Å². The molecule has 0 bridgehead atoms. The molecule has 6 nitrogen and oxygen atoms in total. The van der Waals surface area contributed by atoms with Gasteiger partial charge in [-0.1, -0.05) is 11.6 Å². The Balaban J connectivity index is 1.91. The van der Waals surface area contributed by atoms with Gasteiger partial charge >= 0.3 is 5.97 Å². The van der Waals surface area contributed by atoms with Crippen molar-refractivity contribution in [1.29, 1.82) is 0 Å². The molecule has 0 N–H and O–H groups in total. The lowest BCUT2D eigenvalue weighted by molar-refractivity contribution is -0.148. The fraction of sp³-hybridized carbons (Fsp3) is 0.200. The van der Waals surface area contributed by atoms with Crippen molar-refractivity contribution in [2.75, 3.05) is 0 Å². The van der Waals surface area contributed by atoms with Gasteiger partial charge in [-0.25, -0.2) is 22.2 Å². The third-order valence-electron chi connectivity index (χ3n) is 3.70. The van der Waals surface area contributed by atoms with E-state index in [1.807, 2.05) is 0 Å². The molecule has 0 aliphatic rings. The highest BCUT2D eigenvalue weighted by atomic mass is 35.5. The number of rotatable bonds is 4. The second kappa shape index (κ2) is 7.41. The Morgan fingerprint density at radius 2 is 1.86 bits per heavy atom. The summed E-state index contributed by atoms with van der Waals surface area (Å²) in [5, 5.41) is 1.08. The van der Waals surface area contributed by atoms with Gasteiger partial charge in [0.05, 0.1) is 4.90 Å². The van der Waals surface area contributed by atoms with Crippen LogP contribution >= 0.6 is 11.6 Å². The molecule has 0 unspecified atom stereocenters. The van der Waals surface area contributed by atoms with Crippen LogP contribution in [0.3, 0.4) is 0 Å². The highest BCUT2D eigenvalue weighted by molar-refractivity contribution is 7.90. The molecular formula is C20H19ClN2O4S. The van der Waals surface area contributed by atoms with Gasteiger partial charge in [0.1, 0.15) is 5.60 Å². The second-order valence-electron chi connectivity index (χ2n) is 7.12. The summed E-state index contributed by atoms with van der Waals surface area (Å²) >= 11 is 5.83. The van der Waals surface area contributed by atoms with Gasteiger partial charge in [-0.2, -0.15) is 0 Å². The molecule has 0 aliphatic carbocycles. The van der Waals surface area contributed by atoms with E-state index >= 15 is 0 Å². The average Bonchev–Trinajstić information content (AvgIpc) is 3.03. The van der Waals surface area contributed by atoms with Gasteiger partial charge in [-0.15, -0.1) is 0 Å². The molecule has 0 amide bonds. The van der Waals surface area contributed by atoms with Gasteiger partial charge in [0.2, 0.25) is 0 Å². The molecule has 146 valence electrons. The van der Waals surface area contributed by atoms with E-state index < -0.39 is 21.6 Å². The number of esters is 1. The maximum absolute atomic E-state index is 12.9. The number of halogens is 1. The van der Waals surface area contributed by atoms with Gasteiger partial charge in [-0.3, -0.25) is 0 Å². The Labute approximate surface area is 168 Å². The fourth-order valence-corrected chi connectivity index (χ4v) is 3.96. The largest absolute Gasteiger partial charge is 0.457 e. The predicted octanol–water partition coefficient (Wildman–Crippen LogP) is 4.28. The van der Waals surface area contributed by atoms with Crippen molar-refractivity contribution in [1.82, 2.24) is 8.96 Å². The monoisotopic (exact) mass is 418 g/mol. The molecule has 0 spiro atoms. The minimum Gasteiger partial charge on any atom is -0.457 e. The molecular weight excluding hydrogens is 400 g/mol. The molecule has 0 saturated heterocycles. The topological polar surface area (TPSA) is 78.3 Å². The summed E-state index contributed by atoms with van der Waals surface area (Å²) in [7, 11) is -3.79. The minimum absolute atomic E-state index is 0.116. The summed E-state index contributed by atoms with van der Waals surface area (Å²) in [6.45, 7) is 5.36. The van der Waals surface area contributed by atoms with Crippen molar-refractivity contribution in [3.05, 3.63) is 65.5 Å². The van der Waals surface area contributed by atoms with Crippen LogP contribution in [-0.4, -0.2) is 28.9 Å². The number of hydrogen-bond donors (Lipinski definition) is 0. The molecule has 0 fully saturated rings. The summed E-state index contributed by atoms with van der Waals surface area (Å²) in [4.78, 5) is 16.2. The van der Waals surface area contributed by atoms with Gasteiger partial charge in [-0.05, 0) is 68.8 Å². The fourth-order valence-electron chi connectivity index (χ4n) is 2.52. The van der Waals surface area contributed by atoms with Gasteiger partial charge in [0.15, 0.2) is 5.65 Å². The maximum Gasteiger partial charge on any atom is 0.331 e. The zero-order valence-electron chi connectivity index (χ0n) is 15.6. The lowest BCUT2D eigenvalue weighted by Crippen LogP contribution is -2.22. The molecule has 2 aromatic heterocycles. The lowest BCUT2D eigenvalue weighted by atomic mass is 10.2. The molecule has 3 rings (SSSR count). The van der Waals surface area contributed by atoms with Crippen molar-refractivity contribution in [2.45, 2.75) is 31.3 Å². The number of benzene rings is 1. The highest BCUT2D eigenvalue weighted by Gasteiger charge is 2.19. The van der Waals surface area contributed by atoms with E-state index in [1.165, 1.54) is 42.7 Å². The summed E-state index contributed by atoms with van der Waals surface area (Å²) in [5.41, 5.74) is 0.376. The number of pyridine rings is 1. The number of aromatic nitrogens is 2. The molecule has 28 heavy (non-hydrogen) atoms. The van der Waals surface area contributed by atoms with Crippen molar-refractivity contribution < 1.29 is 17.9 Å². The van der Waals surface area contributed by atoms with Crippen molar-refractivity contribution in [2.24, 2.45) is 0 Å². The lowest BCUT2D eigenvalue weighted by Gasteiger charge is -2.17. The number of carbonyl (C=O) groups excluding carboxylic acids is 1. The van der Waals surface area contributed by atoms with Crippen LogP contribution in [0, 0.1) is 0 Å². The van der Waals surface area contributed by atoms with Crippen LogP contribution in [0.15, 0.2) is 59.8 Å². The predicted molar refractivity (Wildman–Crippen MR) is 109 cm³/mol. The van der Waals surface area contributed by atoms with Crippen LogP contribution in [0.5, 0.6) is 0 Å². The summed E-state index contributed by atoms with van der Waals surface area (Å²) in [5.74, 6) is -0.463. The molecule has 0 aliphatic heterocycles. The zero-order chi connectivity index (χ0) is 20.5. The van der Waals surface area contributed by atoms with E-state index in [9.17, 15) is 13.2 Å². The number of hydrogen-bond acceptors (Lipinski definition) is 5. The zero-order valence-corrected chi connectivity index (χ0v) is 17.2. The smallest absolute Gasteiger partial charge is 0.331 e. The van der Waals surface area contributed by atoms with E-state index in [0.717, 1.165) is 3.97 Å². The Bertz CT molecular complexity index is 1160. The first kappa shape index (κ1) is 20.1. The van der Waals surface area contributed by atoms with Gasteiger partial charge < -0.3 is 4.74 Å². The molecule has 0 atom stereocenters. The molecule has 8 heteroatoms. The number of carbonyl (C=O) groups is 1. The van der Waals surface area contributed by atoms with Gasteiger partial charge in [0.25, 0.3) is 10.0 Å². The maximum atomic E-state index is 12.9. The van der Waals surface area contributed by atoms with Crippen LogP contribution in [-0.2, 0) is 19.6 Å². The van der Waals surface area contributed by atoms with Crippen molar-refractivity contribution in [3.8, 4) is 0 Å². The third kappa shape index (κ3) is 4.43. The van der Waals surface area contributed by atoms with E-state index in [-0.39, 0.29) is 4.90 Å². The Morgan fingerprint density at radius 3 is 2.50 bits per heavy atom. The van der Waals surface area contributed by atoms with E-state index in [4.69, 9.17) is 16.3 Å². The van der Waals surface area contributed by atoms with Gasteiger partial charge in [0, 0.05) is 28.9 Å². The number of nitrogens with zero attached hydrogens (tertiary/aromatic N) is 2. The van der Waals surface area contributed by atoms with Crippen LogP contribution < -0.4 is 0 Å². The highest BCUT2D eigenvalue weighted by Crippen LogP contribution is 2.23.